The zero-order valence-electron chi connectivity index (χ0n) is 11.6. The number of nitrogens with one attached hydrogen (secondary N) is 1. The highest BCUT2D eigenvalue weighted by Gasteiger charge is 2.16. The summed E-state index contributed by atoms with van der Waals surface area (Å²) in [6.45, 7) is 2.19. The number of carbonyl (C=O) groups is 1. The molecular weight excluding hydrogens is 248 g/mol. The lowest BCUT2D eigenvalue weighted by Gasteiger charge is -2.22. The third-order valence-corrected chi connectivity index (χ3v) is 4.19. The molecule has 3 rings (SSSR count). The maximum absolute atomic E-state index is 12.5. The van der Waals surface area contributed by atoms with Gasteiger partial charge in [0.1, 0.15) is 0 Å². The number of hydrogen-bond donors (Lipinski definition) is 1. The molecule has 0 radical (unpaired) electrons. The number of piperidine rings is 1. The van der Waals surface area contributed by atoms with E-state index in [4.69, 9.17) is 0 Å². The molecule has 0 spiro atoms. The van der Waals surface area contributed by atoms with E-state index in [-0.39, 0.29) is 5.78 Å². The van der Waals surface area contributed by atoms with Crippen LogP contribution in [0.5, 0.6) is 0 Å². The van der Waals surface area contributed by atoms with Gasteiger partial charge in [-0.1, -0.05) is 18.2 Å². The number of nitrogens with zero attached hydrogens (tertiary/aromatic N) is 1. The fraction of sp³-hybridized carbons (Fsp3) is 0.412. The number of Topliss-reactive ketones (excluding diaryl/α,β-unsaturated/α-hetero) is 1. The number of pyridine rings is 1. The van der Waals surface area contributed by atoms with Gasteiger partial charge in [0.05, 0.1) is 5.52 Å². The van der Waals surface area contributed by atoms with Crippen LogP contribution in [0, 0.1) is 5.92 Å². The molecule has 0 aliphatic carbocycles. The second kappa shape index (κ2) is 6.14. The van der Waals surface area contributed by atoms with Gasteiger partial charge in [-0.3, -0.25) is 9.78 Å². The molecule has 0 amide bonds. The Bertz CT molecular complexity index is 597. The standard InChI is InChI=1S/C17H20N2O/c20-17(6-5-13-7-10-18-11-8-13)15-9-12-19-16-4-2-1-3-14(15)16/h1-4,9,12-13,18H,5-8,10-11H2. The summed E-state index contributed by atoms with van der Waals surface area (Å²) < 4.78 is 0. The molecule has 0 unspecified atom stereocenters. The van der Waals surface area contributed by atoms with Crippen molar-refractivity contribution in [3.63, 3.8) is 0 Å². The second-order valence-corrected chi connectivity index (χ2v) is 5.53. The smallest absolute Gasteiger partial charge is 0.163 e. The number of ketones is 1. The van der Waals surface area contributed by atoms with E-state index in [9.17, 15) is 4.79 Å². The molecular formula is C17H20N2O. The monoisotopic (exact) mass is 268 g/mol. The molecule has 2 aromatic rings. The van der Waals surface area contributed by atoms with Gasteiger partial charge in [-0.2, -0.15) is 0 Å². The minimum atomic E-state index is 0.252. The van der Waals surface area contributed by atoms with Crippen molar-refractivity contribution in [3.05, 3.63) is 42.1 Å². The summed E-state index contributed by atoms with van der Waals surface area (Å²) in [5.74, 6) is 0.954. The van der Waals surface area contributed by atoms with Gasteiger partial charge in [0.2, 0.25) is 0 Å². The maximum Gasteiger partial charge on any atom is 0.163 e. The molecule has 0 atom stereocenters. The van der Waals surface area contributed by atoms with E-state index >= 15 is 0 Å². The van der Waals surface area contributed by atoms with Crippen molar-refractivity contribution in [3.8, 4) is 0 Å². The van der Waals surface area contributed by atoms with Crippen LogP contribution < -0.4 is 5.32 Å². The molecule has 1 fully saturated rings. The summed E-state index contributed by atoms with van der Waals surface area (Å²) in [4.78, 5) is 16.8. The molecule has 1 aliphatic heterocycles. The third-order valence-electron chi connectivity index (χ3n) is 4.19. The summed E-state index contributed by atoms with van der Waals surface area (Å²) >= 11 is 0. The van der Waals surface area contributed by atoms with Crippen molar-refractivity contribution >= 4 is 16.7 Å². The summed E-state index contributed by atoms with van der Waals surface area (Å²) in [7, 11) is 0. The van der Waals surface area contributed by atoms with Gasteiger partial charge in [-0.05, 0) is 50.4 Å². The third kappa shape index (κ3) is 2.88. The van der Waals surface area contributed by atoms with Crippen LogP contribution in [0.4, 0.5) is 0 Å². The molecule has 2 heterocycles. The number of carbonyl (C=O) groups excluding carboxylic acids is 1. The van der Waals surface area contributed by atoms with E-state index in [0.717, 1.165) is 36.0 Å². The first kappa shape index (κ1) is 13.3. The molecule has 0 saturated carbocycles. The first-order chi connectivity index (χ1) is 9.84. The number of para-hydroxylation sites is 1. The Kier molecular flexibility index (Phi) is 4.07. The zero-order valence-corrected chi connectivity index (χ0v) is 11.6. The lowest BCUT2D eigenvalue weighted by atomic mass is 9.91. The van der Waals surface area contributed by atoms with E-state index < -0.39 is 0 Å². The molecule has 3 heteroatoms. The number of rotatable bonds is 4. The van der Waals surface area contributed by atoms with Crippen molar-refractivity contribution in [2.24, 2.45) is 5.92 Å². The van der Waals surface area contributed by atoms with Crippen molar-refractivity contribution in [1.29, 1.82) is 0 Å². The topological polar surface area (TPSA) is 42.0 Å². The van der Waals surface area contributed by atoms with Crippen LogP contribution >= 0.6 is 0 Å². The average Bonchev–Trinajstić information content (AvgIpc) is 2.53. The van der Waals surface area contributed by atoms with E-state index in [1.807, 2.05) is 30.3 Å². The first-order valence-corrected chi connectivity index (χ1v) is 7.42. The highest BCUT2D eigenvalue weighted by Crippen LogP contribution is 2.22. The summed E-state index contributed by atoms with van der Waals surface area (Å²) in [5, 5.41) is 4.34. The van der Waals surface area contributed by atoms with Crippen LogP contribution in [-0.4, -0.2) is 23.9 Å². The SMILES string of the molecule is O=C(CCC1CCNCC1)c1ccnc2ccccc12. The van der Waals surface area contributed by atoms with Crippen LogP contribution in [0.25, 0.3) is 10.9 Å². The maximum atomic E-state index is 12.5. The fourth-order valence-corrected chi connectivity index (χ4v) is 2.98. The number of aromatic nitrogens is 1. The van der Waals surface area contributed by atoms with Crippen LogP contribution in [-0.2, 0) is 0 Å². The van der Waals surface area contributed by atoms with Crippen molar-refractivity contribution in [1.82, 2.24) is 10.3 Å². The Hall–Kier alpha value is -1.74. The first-order valence-electron chi connectivity index (χ1n) is 7.42. The van der Waals surface area contributed by atoms with Crippen LogP contribution in [0.15, 0.2) is 36.5 Å². The molecule has 0 bridgehead atoms. The van der Waals surface area contributed by atoms with Crippen LogP contribution in [0.3, 0.4) is 0 Å². The lowest BCUT2D eigenvalue weighted by molar-refractivity contribution is 0.0972. The second-order valence-electron chi connectivity index (χ2n) is 5.53. The summed E-state index contributed by atoms with van der Waals surface area (Å²) in [6, 6.07) is 9.72. The Morgan fingerprint density at radius 3 is 2.85 bits per heavy atom. The molecule has 1 N–H and O–H groups in total. The summed E-state index contributed by atoms with van der Waals surface area (Å²) in [6.07, 6.45) is 5.80. The van der Waals surface area contributed by atoms with Gasteiger partial charge in [0.15, 0.2) is 5.78 Å². The lowest BCUT2D eigenvalue weighted by Crippen LogP contribution is -2.28. The molecule has 1 aromatic carbocycles. The zero-order chi connectivity index (χ0) is 13.8. The Morgan fingerprint density at radius 1 is 1.20 bits per heavy atom. The number of fused-ring (bicyclic) bond motifs is 1. The van der Waals surface area contributed by atoms with Gasteiger partial charge >= 0.3 is 0 Å². The molecule has 104 valence electrons. The largest absolute Gasteiger partial charge is 0.317 e. The van der Waals surface area contributed by atoms with Crippen LogP contribution in [0.1, 0.15) is 36.0 Å². The van der Waals surface area contributed by atoms with Crippen LogP contribution in [0.2, 0.25) is 0 Å². The predicted octanol–water partition coefficient (Wildman–Crippen LogP) is 3.20. The van der Waals surface area contributed by atoms with E-state index in [1.165, 1.54) is 12.8 Å². The number of hydrogen-bond acceptors (Lipinski definition) is 3. The predicted molar refractivity (Wildman–Crippen MR) is 80.9 cm³/mol. The minimum absolute atomic E-state index is 0.252. The Labute approximate surface area is 119 Å². The highest BCUT2D eigenvalue weighted by atomic mass is 16.1. The normalized spacial score (nSPS) is 16.4. The molecule has 1 saturated heterocycles. The van der Waals surface area contributed by atoms with Gasteiger partial charge in [-0.25, -0.2) is 0 Å². The van der Waals surface area contributed by atoms with Gasteiger partial charge in [-0.15, -0.1) is 0 Å². The fourth-order valence-electron chi connectivity index (χ4n) is 2.98. The minimum Gasteiger partial charge on any atom is -0.317 e. The highest BCUT2D eigenvalue weighted by molar-refractivity contribution is 6.07. The molecule has 3 nitrogen and oxygen atoms in total. The summed E-state index contributed by atoms with van der Waals surface area (Å²) in [5.41, 5.74) is 1.73. The Morgan fingerprint density at radius 2 is 2.00 bits per heavy atom. The number of benzene rings is 1. The molecule has 20 heavy (non-hydrogen) atoms. The molecule has 1 aromatic heterocycles. The van der Waals surface area contributed by atoms with Gasteiger partial charge in [0.25, 0.3) is 0 Å². The van der Waals surface area contributed by atoms with Gasteiger partial charge < -0.3 is 5.32 Å². The van der Waals surface area contributed by atoms with E-state index in [1.54, 1.807) is 6.20 Å². The average molecular weight is 268 g/mol. The van der Waals surface area contributed by atoms with Gasteiger partial charge in [0, 0.05) is 23.6 Å². The quantitative estimate of drug-likeness (QED) is 0.866. The van der Waals surface area contributed by atoms with E-state index in [0.29, 0.717) is 12.3 Å². The van der Waals surface area contributed by atoms with Crippen molar-refractivity contribution in [2.45, 2.75) is 25.7 Å². The Balaban J connectivity index is 1.72. The molecule has 1 aliphatic rings. The van der Waals surface area contributed by atoms with Crippen molar-refractivity contribution in [2.75, 3.05) is 13.1 Å². The van der Waals surface area contributed by atoms with E-state index in [2.05, 4.69) is 10.3 Å². The van der Waals surface area contributed by atoms with Crippen molar-refractivity contribution < 1.29 is 4.79 Å².